The van der Waals surface area contributed by atoms with Crippen LogP contribution >= 0.6 is 0 Å². The molecule has 1 saturated heterocycles. The van der Waals surface area contributed by atoms with Gasteiger partial charge in [0, 0.05) is 13.7 Å². The molecule has 21 heavy (non-hydrogen) atoms. The van der Waals surface area contributed by atoms with Gasteiger partial charge < -0.3 is 14.4 Å². The predicted octanol–water partition coefficient (Wildman–Crippen LogP) is 2.63. The van der Waals surface area contributed by atoms with Gasteiger partial charge in [0.2, 0.25) is 0 Å². The van der Waals surface area contributed by atoms with Crippen molar-refractivity contribution < 1.29 is 14.3 Å². The van der Waals surface area contributed by atoms with Gasteiger partial charge in [0.05, 0.1) is 12.6 Å². The number of rotatable bonds is 5. The smallest absolute Gasteiger partial charge is 0.260 e. The van der Waals surface area contributed by atoms with Crippen LogP contribution in [0.2, 0.25) is 0 Å². The monoisotopic (exact) mass is 291 g/mol. The zero-order valence-corrected chi connectivity index (χ0v) is 13.4. The van der Waals surface area contributed by atoms with Gasteiger partial charge in [0.25, 0.3) is 5.91 Å². The van der Waals surface area contributed by atoms with Gasteiger partial charge in [-0.2, -0.15) is 0 Å². The Hall–Kier alpha value is -1.55. The molecule has 2 rings (SSSR count). The summed E-state index contributed by atoms with van der Waals surface area (Å²) in [5.41, 5.74) is 3.36. The van der Waals surface area contributed by atoms with E-state index in [1.165, 1.54) is 5.56 Å². The van der Waals surface area contributed by atoms with Gasteiger partial charge in [0.1, 0.15) is 5.75 Å². The minimum atomic E-state index is 0.0508. The van der Waals surface area contributed by atoms with Gasteiger partial charge >= 0.3 is 0 Å². The van der Waals surface area contributed by atoms with Crippen molar-refractivity contribution in [3.05, 3.63) is 28.8 Å². The number of ether oxygens (including phenoxy) is 2. The lowest BCUT2D eigenvalue weighted by Crippen LogP contribution is -2.40. The molecule has 0 saturated carbocycles. The van der Waals surface area contributed by atoms with E-state index in [1.54, 1.807) is 7.11 Å². The molecule has 1 fully saturated rings. The minimum absolute atomic E-state index is 0.0508. The van der Waals surface area contributed by atoms with Crippen molar-refractivity contribution in [3.63, 3.8) is 0 Å². The van der Waals surface area contributed by atoms with Crippen molar-refractivity contribution in [2.45, 2.75) is 39.7 Å². The number of amides is 1. The SMILES string of the molecule is COC[C@H]1CCCN1C(=O)COc1c(C)ccc(C)c1C. The van der Waals surface area contributed by atoms with Gasteiger partial charge in [-0.15, -0.1) is 0 Å². The lowest BCUT2D eigenvalue weighted by molar-refractivity contribution is -0.135. The molecule has 1 atom stereocenters. The van der Waals surface area contributed by atoms with Crippen LogP contribution in [-0.4, -0.2) is 43.7 Å². The number of aryl methyl sites for hydroxylation is 2. The molecule has 4 heteroatoms. The van der Waals surface area contributed by atoms with Gasteiger partial charge in [-0.1, -0.05) is 12.1 Å². The van der Waals surface area contributed by atoms with Crippen molar-refractivity contribution in [2.75, 3.05) is 26.9 Å². The normalized spacial score (nSPS) is 18.1. The van der Waals surface area contributed by atoms with Crippen LogP contribution < -0.4 is 4.74 Å². The summed E-state index contributed by atoms with van der Waals surface area (Å²) in [6.07, 6.45) is 2.06. The van der Waals surface area contributed by atoms with Crippen molar-refractivity contribution in [2.24, 2.45) is 0 Å². The van der Waals surface area contributed by atoms with E-state index < -0.39 is 0 Å². The predicted molar refractivity (Wildman–Crippen MR) is 82.8 cm³/mol. The fourth-order valence-electron chi connectivity index (χ4n) is 2.89. The zero-order chi connectivity index (χ0) is 15.4. The second kappa shape index (κ2) is 6.94. The zero-order valence-electron chi connectivity index (χ0n) is 13.4. The molecule has 0 unspecified atom stereocenters. The molecule has 0 radical (unpaired) electrons. The third kappa shape index (κ3) is 3.56. The van der Waals surface area contributed by atoms with Gasteiger partial charge in [-0.25, -0.2) is 0 Å². The van der Waals surface area contributed by atoms with E-state index in [-0.39, 0.29) is 18.6 Å². The topological polar surface area (TPSA) is 38.8 Å². The Kier molecular flexibility index (Phi) is 5.23. The number of hydrogen-bond donors (Lipinski definition) is 0. The standard InChI is InChI=1S/C17H25NO3/c1-12-7-8-13(2)17(14(12)3)21-11-16(19)18-9-5-6-15(18)10-20-4/h7-8,15H,5-6,9-11H2,1-4H3/t15-/m1/s1. The molecule has 1 aliphatic heterocycles. The average molecular weight is 291 g/mol. The highest BCUT2D eigenvalue weighted by Crippen LogP contribution is 2.26. The molecule has 116 valence electrons. The van der Waals surface area contributed by atoms with E-state index in [4.69, 9.17) is 9.47 Å². The summed E-state index contributed by atoms with van der Waals surface area (Å²) in [6, 6.07) is 4.31. The molecule has 1 aliphatic rings. The van der Waals surface area contributed by atoms with Crippen molar-refractivity contribution in [1.82, 2.24) is 4.90 Å². The Morgan fingerprint density at radius 3 is 2.71 bits per heavy atom. The third-order valence-corrected chi connectivity index (χ3v) is 4.27. The number of likely N-dealkylation sites (tertiary alicyclic amines) is 1. The van der Waals surface area contributed by atoms with Crippen LogP contribution in [0.3, 0.4) is 0 Å². The molecule has 1 aromatic carbocycles. The number of carbonyl (C=O) groups is 1. The number of carbonyl (C=O) groups excluding carboxylic acids is 1. The number of benzene rings is 1. The summed E-state index contributed by atoms with van der Waals surface area (Å²) in [5.74, 6) is 0.890. The molecule has 0 spiro atoms. The molecule has 0 aliphatic carbocycles. The first kappa shape index (κ1) is 15.8. The summed E-state index contributed by atoms with van der Waals surface area (Å²) >= 11 is 0. The molecule has 1 heterocycles. The van der Waals surface area contributed by atoms with Crippen LogP contribution in [-0.2, 0) is 9.53 Å². The van der Waals surface area contributed by atoms with E-state index in [0.717, 1.165) is 36.3 Å². The lowest BCUT2D eigenvalue weighted by atomic mass is 10.1. The van der Waals surface area contributed by atoms with E-state index in [0.29, 0.717) is 6.61 Å². The van der Waals surface area contributed by atoms with Gasteiger partial charge in [0.15, 0.2) is 6.61 Å². The summed E-state index contributed by atoms with van der Waals surface area (Å²) in [6.45, 7) is 7.61. The van der Waals surface area contributed by atoms with Gasteiger partial charge in [-0.3, -0.25) is 4.79 Å². The fraction of sp³-hybridized carbons (Fsp3) is 0.588. The lowest BCUT2D eigenvalue weighted by Gasteiger charge is -2.24. The Morgan fingerprint density at radius 2 is 2.00 bits per heavy atom. The van der Waals surface area contributed by atoms with Crippen LogP contribution in [0.15, 0.2) is 12.1 Å². The Balaban J connectivity index is 2.00. The maximum absolute atomic E-state index is 12.4. The van der Waals surface area contributed by atoms with E-state index in [1.807, 2.05) is 24.8 Å². The first-order valence-corrected chi connectivity index (χ1v) is 7.52. The number of methoxy groups -OCH3 is 1. The highest BCUT2D eigenvalue weighted by Gasteiger charge is 2.28. The molecular weight excluding hydrogens is 266 g/mol. The van der Waals surface area contributed by atoms with Crippen molar-refractivity contribution in [3.8, 4) is 5.75 Å². The molecule has 0 N–H and O–H groups in total. The third-order valence-electron chi connectivity index (χ3n) is 4.27. The first-order valence-electron chi connectivity index (χ1n) is 7.52. The molecule has 0 aromatic heterocycles. The Labute approximate surface area is 127 Å². The largest absolute Gasteiger partial charge is 0.483 e. The number of hydrogen-bond acceptors (Lipinski definition) is 3. The quantitative estimate of drug-likeness (QED) is 0.837. The van der Waals surface area contributed by atoms with Crippen molar-refractivity contribution >= 4 is 5.91 Å². The van der Waals surface area contributed by atoms with E-state index in [9.17, 15) is 4.79 Å². The van der Waals surface area contributed by atoms with Crippen LogP contribution in [0.25, 0.3) is 0 Å². The summed E-state index contributed by atoms with van der Waals surface area (Å²) < 4.78 is 11.0. The molecular formula is C17H25NO3. The highest BCUT2D eigenvalue weighted by molar-refractivity contribution is 5.78. The Morgan fingerprint density at radius 1 is 1.29 bits per heavy atom. The van der Waals surface area contributed by atoms with Crippen LogP contribution in [0.1, 0.15) is 29.5 Å². The summed E-state index contributed by atoms with van der Waals surface area (Å²) in [5, 5.41) is 0. The fourth-order valence-corrected chi connectivity index (χ4v) is 2.89. The maximum Gasteiger partial charge on any atom is 0.260 e. The van der Waals surface area contributed by atoms with E-state index in [2.05, 4.69) is 13.0 Å². The summed E-state index contributed by atoms with van der Waals surface area (Å²) in [4.78, 5) is 14.2. The van der Waals surface area contributed by atoms with Gasteiger partial charge in [-0.05, 0) is 50.3 Å². The molecule has 0 bridgehead atoms. The Bertz CT molecular complexity index is 513. The second-order valence-electron chi connectivity index (χ2n) is 5.78. The molecule has 1 amide bonds. The minimum Gasteiger partial charge on any atom is -0.483 e. The highest BCUT2D eigenvalue weighted by atomic mass is 16.5. The first-order chi connectivity index (χ1) is 10.0. The maximum atomic E-state index is 12.4. The molecule has 1 aromatic rings. The second-order valence-corrected chi connectivity index (χ2v) is 5.78. The van der Waals surface area contributed by atoms with Crippen LogP contribution in [0.5, 0.6) is 5.75 Å². The molecule has 4 nitrogen and oxygen atoms in total. The van der Waals surface area contributed by atoms with E-state index >= 15 is 0 Å². The number of nitrogens with zero attached hydrogens (tertiary/aromatic N) is 1. The van der Waals surface area contributed by atoms with Crippen LogP contribution in [0.4, 0.5) is 0 Å². The van der Waals surface area contributed by atoms with Crippen LogP contribution in [0, 0.1) is 20.8 Å². The average Bonchev–Trinajstić information content (AvgIpc) is 2.91. The van der Waals surface area contributed by atoms with Crippen molar-refractivity contribution in [1.29, 1.82) is 0 Å². The summed E-state index contributed by atoms with van der Waals surface area (Å²) in [7, 11) is 1.68.